The molecular weight excluding hydrogens is 331 g/mol. The van der Waals surface area contributed by atoms with Crippen LogP contribution in [0.15, 0.2) is 42.5 Å². The summed E-state index contributed by atoms with van der Waals surface area (Å²) >= 11 is 0. The van der Waals surface area contributed by atoms with Crippen LogP contribution < -0.4 is 9.46 Å². The van der Waals surface area contributed by atoms with Crippen molar-refractivity contribution in [2.45, 2.75) is 18.7 Å². The summed E-state index contributed by atoms with van der Waals surface area (Å²) in [6, 6.07) is 11.8. The number of nitrogens with zero attached hydrogens (tertiary/aromatic N) is 1. The Balaban J connectivity index is 2.21. The number of halogens is 1. The number of nitriles is 1. The van der Waals surface area contributed by atoms with Gasteiger partial charge in [-0.15, -0.1) is 0 Å². The van der Waals surface area contributed by atoms with E-state index in [1.807, 2.05) is 6.07 Å². The number of hydrogen-bond donors (Lipinski definition) is 1. The monoisotopic (exact) mass is 348 g/mol. The molecule has 0 aliphatic heterocycles. The summed E-state index contributed by atoms with van der Waals surface area (Å²) in [5, 5.41) is 8.87. The van der Waals surface area contributed by atoms with Crippen molar-refractivity contribution in [2.24, 2.45) is 0 Å². The molecule has 0 aliphatic carbocycles. The van der Waals surface area contributed by atoms with Crippen LogP contribution >= 0.6 is 0 Å². The second-order valence-electron chi connectivity index (χ2n) is 5.27. The van der Waals surface area contributed by atoms with Gasteiger partial charge in [-0.05, 0) is 36.8 Å². The van der Waals surface area contributed by atoms with Gasteiger partial charge in [-0.25, -0.2) is 17.5 Å². The van der Waals surface area contributed by atoms with Crippen molar-refractivity contribution in [3.8, 4) is 11.8 Å². The second-order valence-corrected chi connectivity index (χ2v) is 7.02. The van der Waals surface area contributed by atoms with E-state index in [-0.39, 0.29) is 17.1 Å². The second kappa shape index (κ2) is 7.43. The normalized spacial score (nSPS) is 12.4. The van der Waals surface area contributed by atoms with E-state index in [0.29, 0.717) is 11.1 Å². The first-order chi connectivity index (χ1) is 11.4. The molecule has 0 aromatic heterocycles. The van der Waals surface area contributed by atoms with Crippen molar-refractivity contribution in [1.29, 1.82) is 5.26 Å². The molecule has 2 aromatic carbocycles. The predicted octanol–water partition coefficient (Wildman–Crippen LogP) is 2.89. The van der Waals surface area contributed by atoms with Crippen LogP contribution in [0.1, 0.15) is 29.7 Å². The third kappa shape index (κ3) is 4.31. The van der Waals surface area contributed by atoms with Crippen LogP contribution in [0.5, 0.6) is 5.75 Å². The highest BCUT2D eigenvalue weighted by atomic mass is 32.2. The van der Waals surface area contributed by atoms with Gasteiger partial charge in [0.05, 0.1) is 30.5 Å². The lowest BCUT2D eigenvalue weighted by atomic mass is 10.1. The zero-order valence-corrected chi connectivity index (χ0v) is 14.1. The van der Waals surface area contributed by atoms with Crippen molar-refractivity contribution >= 4 is 10.0 Å². The van der Waals surface area contributed by atoms with Crippen molar-refractivity contribution in [2.75, 3.05) is 7.11 Å². The van der Waals surface area contributed by atoms with Crippen LogP contribution in [-0.4, -0.2) is 15.5 Å². The molecule has 2 rings (SSSR count). The van der Waals surface area contributed by atoms with Crippen LogP contribution in [0, 0.1) is 17.1 Å². The third-order valence-electron chi connectivity index (χ3n) is 3.43. The molecule has 0 bridgehead atoms. The largest absolute Gasteiger partial charge is 0.496 e. The summed E-state index contributed by atoms with van der Waals surface area (Å²) in [6.07, 6.45) is 0. The van der Waals surface area contributed by atoms with Gasteiger partial charge in [0.1, 0.15) is 11.6 Å². The molecule has 24 heavy (non-hydrogen) atoms. The Labute approximate surface area is 140 Å². The summed E-state index contributed by atoms with van der Waals surface area (Å²) in [6.45, 7) is 1.55. The van der Waals surface area contributed by atoms with E-state index in [4.69, 9.17) is 10.00 Å². The molecular formula is C17H17FN2O3S. The molecule has 0 heterocycles. The van der Waals surface area contributed by atoms with Gasteiger partial charge in [0, 0.05) is 5.56 Å². The minimum Gasteiger partial charge on any atom is -0.496 e. The van der Waals surface area contributed by atoms with Gasteiger partial charge in [0.2, 0.25) is 10.0 Å². The average molecular weight is 348 g/mol. The Morgan fingerprint density at radius 3 is 2.67 bits per heavy atom. The van der Waals surface area contributed by atoms with Gasteiger partial charge < -0.3 is 4.74 Å². The zero-order valence-electron chi connectivity index (χ0n) is 13.3. The molecule has 1 N–H and O–H groups in total. The molecule has 0 saturated carbocycles. The van der Waals surface area contributed by atoms with E-state index in [0.717, 1.165) is 0 Å². The molecule has 0 radical (unpaired) electrons. The number of benzene rings is 2. The highest BCUT2D eigenvalue weighted by Gasteiger charge is 2.22. The van der Waals surface area contributed by atoms with Crippen molar-refractivity contribution in [1.82, 2.24) is 4.72 Å². The lowest BCUT2D eigenvalue weighted by molar-refractivity contribution is 0.398. The quantitative estimate of drug-likeness (QED) is 0.870. The smallest absolute Gasteiger partial charge is 0.216 e. The summed E-state index contributed by atoms with van der Waals surface area (Å²) in [7, 11) is -2.33. The van der Waals surface area contributed by atoms with Crippen LogP contribution in [0.3, 0.4) is 0 Å². The van der Waals surface area contributed by atoms with Gasteiger partial charge in [-0.2, -0.15) is 5.26 Å². The first-order valence-corrected chi connectivity index (χ1v) is 8.83. The zero-order chi connectivity index (χ0) is 17.7. The van der Waals surface area contributed by atoms with E-state index in [9.17, 15) is 12.8 Å². The number of methoxy groups -OCH3 is 1. The standard InChI is InChI=1S/C17H17FN2O3S/c1-12(17-15(18)7-4-8-16(17)23-2)20-24(21,22)11-14-6-3-5-13(9-14)10-19/h3-9,12,20H,11H2,1-2H3/t12-/m1/s1. The molecule has 1 atom stereocenters. The molecule has 0 fully saturated rings. The maximum absolute atomic E-state index is 14.0. The maximum Gasteiger partial charge on any atom is 0.216 e. The first-order valence-electron chi connectivity index (χ1n) is 7.17. The van der Waals surface area contributed by atoms with Crippen LogP contribution in [0.2, 0.25) is 0 Å². The van der Waals surface area contributed by atoms with Crippen molar-refractivity contribution < 1.29 is 17.5 Å². The van der Waals surface area contributed by atoms with Crippen LogP contribution in [0.4, 0.5) is 4.39 Å². The Morgan fingerprint density at radius 2 is 2.00 bits per heavy atom. The van der Waals surface area contributed by atoms with Crippen LogP contribution in [0.25, 0.3) is 0 Å². The fourth-order valence-electron chi connectivity index (χ4n) is 2.44. The highest BCUT2D eigenvalue weighted by molar-refractivity contribution is 7.88. The van der Waals surface area contributed by atoms with E-state index in [1.165, 1.54) is 25.3 Å². The van der Waals surface area contributed by atoms with Gasteiger partial charge in [-0.3, -0.25) is 0 Å². The molecule has 2 aromatic rings. The highest BCUT2D eigenvalue weighted by Crippen LogP contribution is 2.28. The minimum absolute atomic E-state index is 0.148. The van der Waals surface area contributed by atoms with Gasteiger partial charge in [0.15, 0.2) is 0 Å². The number of hydrogen-bond acceptors (Lipinski definition) is 4. The summed E-state index contributed by atoms with van der Waals surface area (Å²) in [4.78, 5) is 0. The molecule has 0 unspecified atom stereocenters. The van der Waals surface area contributed by atoms with Crippen LogP contribution in [-0.2, 0) is 15.8 Å². The topological polar surface area (TPSA) is 79.2 Å². The number of rotatable bonds is 6. The fourth-order valence-corrected chi connectivity index (χ4v) is 3.79. The van der Waals surface area contributed by atoms with E-state index < -0.39 is 21.9 Å². The fraction of sp³-hybridized carbons (Fsp3) is 0.235. The summed E-state index contributed by atoms with van der Waals surface area (Å²) < 4.78 is 46.3. The summed E-state index contributed by atoms with van der Waals surface area (Å²) in [5.74, 6) is -0.573. The Hall–Kier alpha value is -2.43. The maximum atomic E-state index is 14.0. The molecule has 7 heteroatoms. The average Bonchev–Trinajstić information content (AvgIpc) is 2.53. The lowest BCUT2D eigenvalue weighted by Crippen LogP contribution is -2.29. The molecule has 0 saturated heterocycles. The Bertz CT molecular complexity index is 876. The molecule has 0 spiro atoms. The van der Waals surface area contributed by atoms with Gasteiger partial charge >= 0.3 is 0 Å². The van der Waals surface area contributed by atoms with Gasteiger partial charge in [0.25, 0.3) is 0 Å². The third-order valence-corrected chi connectivity index (χ3v) is 4.86. The molecule has 0 amide bonds. The Kier molecular flexibility index (Phi) is 5.54. The van der Waals surface area contributed by atoms with E-state index in [2.05, 4.69) is 4.72 Å². The van der Waals surface area contributed by atoms with E-state index >= 15 is 0 Å². The number of sulfonamides is 1. The number of ether oxygens (including phenoxy) is 1. The first kappa shape index (κ1) is 17.9. The minimum atomic E-state index is -3.73. The molecule has 5 nitrogen and oxygen atoms in total. The number of nitrogens with one attached hydrogen (secondary N) is 1. The summed E-state index contributed by atoms with van der Waals surface area (Å²) in [5.41, 5.74) is 1.01. The van der Waals surface area contributed by atoms with Crippen molar-refractivity contribution in [3.63, 3.8) is 0 Å². The van der Waals surface area contributed by atoms with E-state index in [1.54, 1.807) is 31.2 Å². The lowest BCUT2D eigenvalue weighted by Gasteiger charge is -2.18. The van der Waals surface area contributed by atoms with Crippen molar-refractivity contribution in [3.05, 3.63) is 65.0 Å². The SMILES string of the molecule is COc1cccc(F)c1[C@@H](C)NS(=O)(=O)Cc1cccc(C#N)c1. The van der Waals surface area contributed by atoms with Gasteiger partial charge in [-0.1, -0.05) is 18.2 Å². The Morgan fingerprint density at radius 1 is 1.29 bits per heavy atom. The predicted molar refractivity (Wildman–Crippen MR) is 88.3 cm³/mol. The molecule has 126 valence electrons. The molecule has 0 aliphatic rings.